The molecule has 9 nitrogen and oxygen atoms in total. The van der Waals surface area contributed by atoms with Crippen molar-refractivity contribution in [3.63, 3.8) is 0 Å². The number of imidazole rings is 1. The van der Waals surface area contributed by atoms with Crippen LogP contribution in [-0.2, 0) is 22.4 Å². The highest BCUT2D eigenvalue weighted by molar-refractivity contribution is 6.32. The number of aromatic nitrogens is 2. The molecule has 2 aromatic carbocycles. The van der Waals surface area contributed by atoms with Crippen LogP contribution in [0.4, 0.5) is 10.5 Å². The Bertz CT molecular complexity index is 1470. The maximum absolute atomic E-state index is 12.7. The molecule has 1 aliphatic carbocycles. The fourth-order valence-electron chi connectivity index (χ4n) is 6.58. The second kappa shape index (κ2) is 10.0. The fourth-order valence-corrected chi connectivity index (χ4v) is 6.89. The number of halogens is 1. The van der Waals surface area contributed by atoms with Crippen LogP contribution >= 0.6 is 11.6 Å². The van der Waals surface area contributed by atoms with Crippen LogP contribution in [0.5, 0.6) is 5.75 Å². The molecule has 1 aromatic heterocycles. The van der Waals surface area contributed by atoms with Crippen LogP contribution in [-0.4, -0.2) is 51.6 Å². The van der Waals surface area contributed by atoms with Crippen molar-refractivity contribution in [2.24, 2.45) is 5.92 Å². The highest BCUT2D eigenvalue weighted by Gasteiger charge is 2.36. The molecule has 2 aliphatic heterocycles. The number of methoxy groups -OCH3 is 1. The molecule has 10 heteroatoms. The van der Waals surface area contributed by atoms with Gasteiger partial charge in [0.1, 0.15) is 17.7 Å². The van der Waals surface area contributed by atoms with E-state index in [0.717, 1.165) is 53.5 Å². The van der Waals surface area contributed by atoms with Crippen molar-refractivity contribution in [3.8, 4) is 5.75 Å². The Hall–Kier alpha value is -3.30. The fraction of sp³-hybridized carbons (Fsp3) is 0.483. The number of rotatable bonds is 4. The smallest absolute Gasteiger partial charge is 0.414 e. The number of nitrogens with zero attached hydrogens (tertiary/aromatic N) is 3. The van der Waals surface area contributed by atoms with Crippen molar-refractivity contribution in [2.45, 2.75) is 70.1 Å². The third-order valence-electron chi connectivity index (χ3n) is 8.54. The second-order valence-electron chi connectivity index (χ2n) is 10.8. The lowest BCUT2D eigenvalue weighted by Crippen LogP contribution is -2.42. The quantitative estimate of drug-likeness (QED) is 0.443. The largest absolute Gasteiger partial charge is 0.491 e. The minimum atomic E-state index is -1.08. The van der Waals surface area contributed by atoms with Gasteiger partial charge in [-0.15, -0.1) is 0 Å². The van der Waals surface area contributed by atoms with Gasteiger partial charge in [-0.05, 0) is 74.4 Å². The number of carbonyl (C=O) groups excluding carboxylic acids is 1. The van der Waals surface area contributed by atoms with E-state index in [4.69, 9.17) is 26.1 Å². The molecule has 1 fully saturated rings. The van der Waals surface area contributed by atoms with Crippen molar-refractivity contribution in [1.82, 2.24) is 9.55 Å². The number of aliphatic hydroxyl groups is 1. The standard InChI is InChI=1S/C29H32ClN3O6/c1-15-6-7-20-22(32(15)29(37)38-2)8-9-23-24(20)31-27(33(23)19-5-3-4-17(13-19)28(35)36)25(34)18-12-16-10-11-39-26(16)21(30)14-18/h8-9,12,14-15,17,19,25,34H,3-7,10-11,13H2,1-2H3,(H,35,36)/t15-,17+,19+,25-/m0/s1. The van der Waals surface area contributed by atoms with Gasteiger partial charge in [-0.3, -0.25) is 9.69 Å². The van der Waals surface area contributed by atoms with E-state index in [1.54, 1.807) is 11.0 Å². The summed E-state index contributed by atoms with van der Waals surface area (Å²) in [5.74, 6) is -0.140. The number of amides is 1. The molecule has 39 heavy (non-hydrogen) atoms. The van der Waals surface area contributed by atoms with E-state index < -0.39 is 24.1 Å². The van der Waals surface area contributed by atoms with Crippen LogP contribution in [0.1, 0.15) is 73.7 Å². The Balaban J connectivity index is 1.53. The van der Waals surface area contributed by atoms with Gasteiger partial charge >= 0.3 is 12.1 Å². The molecule has 0 saturated heterocycles. The third kappa shape index (κ3) is 4.32. The lowest BCUT2D eigenvalue weighted by Gasteiger charge is -2.34. The van der Waals surface area contributed by atoms with Crippen LogP contribution in [0.15, 0.2) is 24.3 Å². The third-order valence-corrected chi connectivity index (χ3v) is 8.82. The second-order valence-corrected chi connectivity index (χ2v) is 11.3. The molecular formula is C29H32ClN3O6. The number of ether oxygens (including phenoxy) is 2. The van der Waals surface area contributed by atoms with Gasteiger partial charge in [0, 0.05) is 24.1 Å². The first kappa shape index (κ1) is 26.0. The minimum absolute atomic E-state index is 0.0278. The van der Waals surface area contributed by atoms with Crippen LogP contribution < -0.4 is 9.64 Å². The predicted octanol–water partition coefficient (Wildman–Crippen LogP) is 5.43. The molecule has 0 unspecified atom stereocenters. The van der Waals surface area contributed by atoms with Crippen molar-refractivity contribution < 1.29 is 29.3 Å². The van der Waals surface area contributed by atoms with E-state index in [-0.39, 0.29) is 12.1 Å². The van der Waals surface area contributed by atoms with E-state index in [2.05, 4.69) is 0 Å². The molecule has 4 atom stereocenters. The molecule has 0 radical (unpaired) electrons. The zero-order valence-electron chi connectivity index (χ0n) is 22.0. The zero-order chi connectivity index (χ0) is 27.4. The number of aliphatic hydroxyl groups excluding tert-OH is 1. The van der Waals surface area contributed by atoms with Crippen molar-refractivity contribution in [2.75, 3.05) is 18.6 Å². The van der Waals surface area contributed by atoms with Gasteiger partial charge in [-0.1, -0.05) is 18.0 Å². The topological polar surface area (TPSA) is 114 Å². The normalized spacial score (nSPS) is 23.2. The van der Waals surface area contributed by atoms with Crippen molar-refractivity contribution >= 4 is 40.4 Å². The summed E-state index contributed by atoms with van der Waals surface area (Å²) in [5.41, 5.74) is 4.79. The van der Waals surface area contributed by atoms with Crippen LogP contribution in [0.3, 0.4) is 0 Å². The molecule has 3 heterocycles. The number of hydrogen-bond donors (Lipinski definition) is 2. The van der Waals surface area contributed by atoms with Gasteiger partial charge in [0.05, 0.1) is 41.4 Å². The molecule has 2 N–H and O–H groups in total. The number of hydrogen-bond acceptors (Lipinski definition) is 6. The number of aliphatic carboxylic acids is 1. The van der Waals surface area contributed by atoms with E-state index in [9.17, 15) is 19.8 Å². The van der Waals surface area contributed by atoms with E-state index in [0.29, 0.717) is 48.0 Å². The number of aryl methyl sites for hydroxylation is 1. The molecule has 1 amide bonds. The Morgan fingerprint density at radius 3 is 2.79 bits per heavy atom. The molecule has 0 bridgehead atoms. The van der Waals surface area contributed by atoms with Gasteiger partial charge in [0.2, 0.25) is 0 Å². The molecule has 206 valence electrons. The SMILES string of the molecule is COC(=O)N1c2ccc3c(nc([C@@H](O)c4cc(Cl)c5c(c4)CCO5)n3[C@@H]3CCC[C@@H](C(=O)O)C3)c2CC[C@@H]1C. The monoisotopic (exact) mass is 553 g/mol. The number of benzene rings is 2. The average molecular weight is 554 g/mol. The van der Waals surface area contributed by atoms with Gasteiger partial charge < -0.3 is 24.3 Å². The van der Waals surface area contributed by atoms with Gasteiger partial charge in [0.25, 0.3) is 0 Å². The summed E-state index contributed by atoms with van der Waals surface area (Å²) in [6, 6.07) is 7.32. The Morgan fingerprint density at radius 1 is 1.21 bits per heavy atom. The highest BCUT2D eigenvalue weighted by Crippen LogP contribution is 2.43. The first-order chi connectivity index (χ1) is 18.8. The van der Waals surface area contributed by atoms with Crippen LogP contribution in [0.25, 0.3) is 11.0 Å². The molecule has 6 rings (SSSR count). The maximum atomic E-state index is 12.7. The summed E-state index contributed by atoms with van der Waals surface area (Å²) < 4.78 is 12.8. The lowest BCUT2D eigenvalue weighted by molar-refractivity contribution is -0.143. The minimum Gasteiger partial charge on any atom is -0.491 e. The molecule has 3 aliphatic rings. The number of anilines is 1. The van der Waals surface area contributed by atoms with Crippen molar-refractivity contribution in [3.05, 3.63) is 51.8 Å². The molecule has 0 spiro atoms. The summed E-state index contributed by atoms with van der Waals surface area (Å²) in [5, 5.41) is 22.0. The predicted molar refractivity (Wildman–Crippen MR) is 146 cm³/mol. The van der Waals surface area contributed by atoms with Gasteiger partial charge in [0.15, 0.2) is 0 Å². The molecular weight excluding hydrogens is 522 g/mol. The number of carboxylic acids is 1. The summed E-state index contributed by atoms with van der Waals surface area (Å²) in [7, 11) is 1.37. The first-order valence-corrected chi connectivity index (χ1v) is 13.9. The van der Waals surface area contributed by atoms with E-state index in [1.165, 1.54) is 7.11 Å². The van der Waals surface area contributed by atoms with Gasteiger partial charge in [-0.25, -0.2) is 9.78 Å². The molecule has 3 aromatic rings. The Morgan fingerprint density at radius 2 is 2.03 bits per heavy atom. The zero-order valence-corrected chi connectivity index (χ0v) is 22.8. The van der Waals surface area contributed by atoms with E-state index in [1.807, 2.05) is 29.7 Å². The lowest BCUT2D eigenvalue weighted by atomic mass is 9.85. The summed E-state index contributed by atoms with van der Waals surface area (Å²) in [6.45, 7) is 2.54. The summed E-state index contributed by atoms with van der Waals surface area (Å²) >= 11 is 6.52. The average Bonchev–Trinajstić information content (AvgIpc) is 3.57. The maximum Gasteiger partial charge on any atom is 0.414 e. The van der Waals surface area contributed by atoms with Gasteiger partial charge in [-0.2, -0.15) is 0 Å². The Labute approximate surface area is 231 Å². The summed E-state index contributed by atoms with van der Waals surface area (Å²) in [4.78, 5) is 31.3. The number of fused-ring (bicyclic) bond motifs is 4. The van der Waals surface area contributed by atoms with Crippen molar-refractivity contribution in [1.29, 1.82) is 0 Å². The number of carboxylic acid groups (broad SMARTS) is 1. The molecule has 1 saturated carbocycles. The van der Waals surface area contributed by atoms with Crippen LogP contribution in [0, 0.1) is 5.92 Å². The number of carbonyl (C=O) groups is 2. The first-order valence-electron chi connectivity index (χ1n) is 13.5. The van der Waals surface area contributed by atoms with Crippen LogP contribution in [0.2, 0.25) is 5.02 Å². The van der Waals surface area contributed by atoms with E-state index >= 15 is 0 Å². The Kier molecular flexibility index (Phi) is 6.67. The summed E-state index contributed by atoms with van der Waals surface area (Å²) in [6.07, 6.45) is 3.34. The highest BCUT2D eigenvalue weighted by atomic mass is 35.5.